The molecule has 1 amide bonds. The Bertz CT molecular complexity index is 539. The summed E-state index contributed by atoms with van der Waals surface area (Å²) >= 11 is 0. The van der Waals surface area contributed by atoms with Gasteiger partial charge in [-0.3, -0.25) is 9.59 Å². The second-order valence-corrected chi connectivity index (χ2v) is 6.12. The molecule has 2 aliphatic heterocycles. The van der Waals surface area contributed by atoms with Crippen molar-refractivity contribution in [3.8, 4) is 0 Å². The molecule has 3 rings (SSSR count). The summed E-state index contributed by atoms with van der Waals surface area (Å²) in [6.45, 7) is 1.96. The standard InChI is InChI=1S/C17H21NO4/c19-16(13-7-4-8-22-11-13)18-9-14(15(10-18)17(20)21)12-5-2-1-3-6-12/h1-3,5-6,13-15H,4,7-11H2,(H,20,21)/t13?,14-,15-/m1/s1. The van der Waals surface area contributed by atoms with Crippen LogP contribution in [0, 0.1) is 11.8 Å². The number of ether oxygens (including phenoxy) is 1. The molecule has 0 bridgehead atoms. The highest BCUT2D eigenvalue weighted by molar-refractivity contribution is 5.81. The van der Waals surface area contributed by atoms with Crippen LogP contribution in [-0.4, -0.2) is 48.2 Å². The van der Waals surface area contributed by atoms with E-state index in [-0.39, 0.29) is 17.7 Å². The Balaban J connectivity index is 1.75. The number of carboxylic acids is 1. The molecule has 118 valence electrons. The number of carbonyl (C=O) groups excluding carboxylic acids is 1. The van der Waals surface area contributed by atoms with Crippen LogP contribution in [0.3, 0.4) is 0 Å². The van der Waals surface area contributed by atoms with Gasteiger partial charge in [0, 0.05) is 25.6 Å². The van der Waals surface area contributed by atoms with E-state index in [0.29, 0.717) is 26.3 Å². The van der Waals surface area contributed by atoms with E-state index in [1.54, 1.807) is 4.90 Å². The minimum atomic E-state index is -0.830. The average Bonchev–Trinajstić information content (AvgIpc) is 3.01. The van der Waals surface area contributed by atoms with Gasteiger partial charge in [-0.2, -0.15) is 0 Å². The van der Waals surface area contributed by atoms with Crippen LogP contribution in [-0.2, 0) is 14.3 Å². The van der Waals surface area contributed by atoms with Crippen LogP contribution in [0.2, 0.25) is 0 Å². The SMILES string of the molecule is O=C(O)[C@@H]1CN(C(=O)C2CCCOC2)C[C@@H]1c1ccccc1. The maximum Gasteiger partial charge on any atom is 0.308 e. The number of nitrogens with zero attached hydrogens (tertiary/aromatic N) is 1. The molecule has 0 aliphatic carbocycles. The molecule has 3 atom stereocenters. The van der Waals surface area contributed by atoms with Crippen molar-refractivity contribution in [2.24, 2.45) is 11.8 Å². The first-order chi connectivity index (χ1) is 10.7. The van der Waals surface area contributed by atoms with Crippen LogP contribution in [0.25, 0.3) is 0 Å². The van der Waals surface area contributed by atoms with Crippen molar-refractivity contribution in [3.63, 3.8) is 0 Å². The summed E-state index contributed by atoms with van der Waals surface area (Å²) in [5.74, 6) is -1.56. The monoisotopic (exact) mass is 303 g/mol. The van der Waals surface area contributed by atoms with Gasteiger partial charge in [-0.25, -0.2) is 0 Å². The van der Waals surface area contributed by atoms with Crippen LogP contribution in [0.15, 0.2) is 30.3 Å². The Morgan fingerprint density at radius 1 is 1.18 bits per heavy atom. The van der Waals surface area contributed by atoms with Crippen molar-refractivity contribution < 1.29 is 19.4 Å². The molecular weight excluding hydrogens is 282 g/mol. The Morgan fingerprint density at radius 3 is 2.59 bits per heavy atom. The third-order valence-corrected chi connectivity index (χ3v) is 4.69. The van der Waals surface area contributed by atoms with E-state index in [2.05, 4.69) is 0 Å². The fourth-order valence-corrected chi connectivity index (χ4v) is 3.47. The zero-order valence-corrected chi connectivity index (χ0v) is 12.5. The topological polar surface area (TPSA) is 66.8 Å². The van der Waals surface area contributed by atoms with Crippen molar-refractivity contribution in [2.75, 3.05) is 26.3 Å². The van der Waals surface area contributed by atoms with Crippen molar-refractivity contribution in [1.82, 2.24) is 4.90 Å². The molecule has 1 unspecified atom stereocenters. The highest BCUT2D eigenvalue weighted by Gasteiger charge is 2.42. The maximum absolute atomic E-state index is 12.6. The summed E-state index contributed by atoms with van der Waals surface area (Å²) in [6, 6.07) is 9.62. The van der Waals surface area contributed by atoms with Gasteiger partial charge in [0.05, 0.1) is 18.4 Å². The highest BCUT2D eigenvalue weighted by atomic mass is 16.5. The lowest BCUT2D eigenvalue weighted by Gasteiger charge is -2.26. The summed E-state index contributed by atoms with van der Waals surface area (Å²) < 4.78 is 5.38. The quantitative estimate of drug-likeness (QED) is 0.923. The minimum absolute atomic E-state index is 0.0457. The highest BCUT2D eigenvalue weighted by Crippen LogP contribution is 2.34. The Labute approximate surface area is 129 Å². The number of likely N-dealkylation sites (tertiary alicyclic amines) is 1. The van der Waals surface area contributed by atoms with E-state index in [1.165, 1.54) is 0 Å². The third-order valence-electron chi connectivity index (χ3n) is 4.69. The number of rotatable bonds is 3. The molecule has 2 fully saturated rings. The molecule has 0 aromatic heterocycles. The summed E-state index contributed by atoms with van der Waals surface area (Å²) in [5, 5.41) is 9.49. The molecule has 2 saturated heterocycles. The first kappa shape index (κ1) is 15.0. The van der Waals surface area contributed by atoms with Crippen LogP contribution in [0.1, 0.15) is 24.3 Å². The normalized spacial score (nSPS) is 28.5. The van der Waals surface area contributed by atoms with Crippen LogP contribution < -0.4 is 0 Å². The fraction of sp³-hybridized carbons (Fsp3) is 0.529. The molecule has 2 aliphatic rings. The van der Waals surface area contributed by atoms with Crippen LogP contribution in [0.5, 0.6) is 0 Å². The molecule has 0 spiro atoms. The first-order valence-electron chi connectivity index (χ1n) is 7.81. The fourth-order valence-electron chi connectivity index (χ4n) is 3.47. The van der Waals surface area contributed by atoms with Gasteiger partial charge in [0.1, 0.15) is 0 Å². The summed E-state index contributed by atoms with van der Waals surface area (Å²) in [7, 11) is 0. The molecule has 5 nitrogen and oxygen atoms in total. The van der Waals surface area contributed by atoms with E-state index in [4.69, 9.17) is 4.74 Å². The van der Waals surface area contributed by atoms with Gasteiger partial charge in [0.15, 0.2) is 0 Å². The smallest absolute Gasteiger partial charge is 0.308 e. The van der Waals surface area contributed by atoms with Gasteiger partial charge in [-0.15, -0.1) is 0 Å². The molecule has 1 aromatic carbocycles. The number of carboxylic acid groups (broad SMARTS) is 1. The van der Waals surface area contributed by atoms with Gasteiger partial charge < -0.3 is 14.7 Å². The third kappa shape index (κ3) is 2.99. The lowest BCUT2D eigenvalue weighted by molar-refractivity contribution is -0.142. The van der Waals surface area contributed by atoms with Gasteiger partial charge in [0.25, 0.3) is 0 Å². The summed E-state index contributed by atoms with van der Waals surface area (Å²) in [4.78, 5) is 25.9. The lowest BCUT2D eigenvalue weighted by Crippen LogP contribution is -2.38. The zero-order valence-electron chi connectivity index (χ0n) is 12.5. The van der Waals surface area contributed by atoms with Crippen molar-refractivity contribution in [2.45, 2.75) is 18.8 Å². The second-order valence-electron chi connectivity index (χ2n) is 6.12. The Hall–Kier alpha value is -1.88. The predicted molar refractivity (Wildman–Crippen MR) is 80.4 cm³/mol. The van der Waals surface area contributed by atoms with E-state index in [9.17, 15) is 14.7 Å². The molecular formula is C17H21NO4. The number of amides is 1. The molecule has 0 saturated carbocycles. The van der Waals surface area contributed by atoms with Crippen molar-refractivity contribution in [1.29, 1.82) is 0 Å². The molecule has 0 radical (unpaired) electrons. The predicted octanol–water partition coefficient (Wildman–Crippen LogP) is 1.74. The number of hydrogen-bond donors (Lipinski definition) is 1. The first-order valence-corrected chi connectivity index (χ1v) is 7.81. The maximum atomic E-state index is 12.6. The summed E-state index contributed by atoms with van der Waals surface area (Å²) in [5.41, 5.74) is 0.991. The van der Waals surface area contributed by atoms with Gasteiger partial charge in [0.2, 0.25) is 5.91 Å². The second kappa shape index (κ2) is 6.48. The van der Waals surface area contributed by atoms with Gasteiger partial charge in [-0.05, 0) is 18.4 Å². The Kier molecular flexibility index (Phi) is 4.43. The van der Waals surface area contributed by atoms with E-state index in [0.717, 1.165) is 18.4 Å². The minimum Gasteiger partial charge on any atom is -0.481 e. The van der Waals surface area contributed by atoms with E-state index < -0.39 is 11.9 Å². The Morgan fingerprint density at radius 2 is 1.95 bits per heavy atom. The van der Waals surface area contributed by atoms with Gasteiger partial charge in [-0.1, -0.05) is 30.3 Å². The van der Waals surface area contributed by atoms with E-state index >= 15 is 0 Å². The van der Waals surface area contributed by atoms with Crippen molar-refractivity contribution >= 4 is 11.9 Å². The van der Waals surface area contributed by atoms with Crippen molar-refractivity contribution in [3.05, 3.63) is 35.9 Å². The van der Waals surface area contributed by atoms with Crippen LogP contribution in [0.4, 0.5) is 0 Å². The number of benzene rings is 1. The van der Waals surface area contributed by atoms with Crippen LogP contribution >= 0.6 is 0 Å². The molecule has 1 aromatic rings. The number of carbonyl (C=O) groups is 2. The number of hydrogen-bond acceptors (Lipinski definition) is 3. The lowest BCUT2D eigenvalue weighted by atomic mass is 9.89. The largest absolute Gasteiger partial charge is 0.481 e. The number of aliphatic carboxylic acids is 1. The molecule has 22 heavy (non-hydrogen) atoms. The molecule has 1 N–H and O–H groups in total. The molecule has 2 heterocycles. The summed E-state index contributed by atoms with van der Waals surface area (Å²) in [6.07, 6.45) is 1.73. The van der Waals surface area contributed by atoms with Gasteiger partial charge >= 0.3 is 5.97 Å². The average molecular weight is 303 g/mol. The zero-order chi connectivity index (χ0) is 15.5. The molecule has 5 heteroatoms. The van der Waals surface area contributed by atoms with E-state index in [1.807, 2.05) is 30.3 Å².